The molecule has 0 aliphatic rings. The highest BCUT2D eigenvalue weighted by molar-refractivity contribution is 6.30. The Hall–Kier alpha value is -1.48. The van der Waals surface area contributed by atoms with Crippen LogP contribution in [0.2, 0.25) is 5.02 Å². The summed E-state index contributed by atoms with van der Waals surface area (Å²) in [5.41, 5.74) is 2.19. The normalized spacial score (nSPS) is 10.5. The minimum Gasteiger partial charge on any atom is -0.428 e. The third-order valence-electron chi connectivity index (χ3n) is 2.66. The molecular weight excluding hydrogens is 236 g/mol. The van der Waals surface area contributed by atoms with Gasteiger partial charge >= 0.3 is 0 Å². The summed E-state index contributed by atoms with van der Waals surface area (Å²) in [5.74, 6) is 0.935. The second-order valence-electron chi connectivity index (χ2n) is 3.90. The second kappa shape index (κ2) is 5.23. The van der Waals surface area contributed by atoms with E-state index in [9.17, 15) is 0 Å². The van der Waals surface area contributed by atoms with Gasteiger partial charge in [0.25, 0.3) is 6.01 Å². The van der Waals surface area contributed by atoms with Crippen molar-refractivity contribution in [2.45, 2.75) is 19.8 Å². The number of nitrogens with zero attached hydrogens (tertiary/aromatic N) is 1. The van der Waals surface area contributed by atoms with Gasteiger partial charge in [0.05, 0.1) is 5.69 Å². The predicted molar refractivity (Wildman–Crippen MR) is 69.6 cm³/mol. The Morgan fingerprint density at radius 1 is 1.24 bits per heavy atom. The van der Waals surface area contributed by atoms with Crippen LogP contribution in [-0.2, 0) is 12.8 Å². The van der Waals surface area contributed by atoms with Crippen LogP contribution >= 0.6 is 11.6 Å². The van der Waals surface area contributed by atoms with Gasteiger partial charge in [-0.25, -0.2) is 0 Å². The third kappa shape index (κ3) is 3.01. The molecule has 2 aromatic rings. The fraction of sp³-hybridized carbons (Fsp3) is 0.308. The van der Waals surface area contributed by atoms with Gasteiger partial charge in [0, 0.05) is 18.5 Å². The lowest BCUT2D eigenvalue weighted by Gasteiger charge is -2.00. The Balaban J connectivity index is 2.01. The van der Waals surface area contributed by atoms with Gasteiger partial charge in [0.2, 0.25) is 0 Å². The summed E-state index contributed by atoms with van der Waals surface area (Å²) in [6, 6.07) is 8.46. The molecule has 1 heterocycles. The van der Waals surface area contributed by atoms with Crippen molar-refractivity contribution in [2.24, 2.45) is 0 Å². The Morgan fingerprint density at radius 2 is 1.94 bits per heavy atom. The van der Waals surface area contributed by atoms with Crippen molar-refractivity contribution in [1.29, 1.82) is 0 Å². The van der Waals surface area contributed by atoms with Gasteiger partial charge in [0.15, 0.2) is 0 Å². The zero-order valence-electron chi connectivity index (χ0n) is 9.96. The predicted octanol–water partition coefficient (Wildman–Crippen LogP) is 3.46. The Labute approximate surface area is 106 Å². The summed E-state index contributed by atoms with van der Waals surface area (Å²) in [6.07, 6.45) is 1.78. The SMILES string of the molecule is CNc1nc(C)c(CCc2ccc(Cl)cc2)o1. The molecule has 1 N–H and O–H groups in total. The zero-order chi connectivity index (χ0) is 12.3. The van der Waals surface area contributed by atoms with Crippen molar-refractivity contribution in [1.82, 2.24) is 4.98 Å². The fourth-order valence-electron chi connectivity index (χ4n) is 1.68. The van der Waals surface area contributed by atoms with Gasteiger partial charge in [-0.1, -0.05) is 23.7 Å². The highest BCUT2D eigenvalue weighted by atomic mass is 35.5. The van der Waals surface area contributed by atoms with E-state index in [0.29, 0.717) is 6.01 Å². The van der Waals surface area contributed by atoms with Gasteiger partial charge in [-0.05, 0) is 31.0 Å². The number of aromatic nitrogens is 1. The van der Waals surface area contributed by atoms with Crippen LogP contribution in [0, 0.1) is 6.92 Å². The minimum atomic E-state index is 0.577. The highest BCUT2D eigenvalue weighted by Crippen LogP contribution is 2.17. The average molecular weight is 251 g/mol. The van der Waals surface area contributed by atoms with Crippen molar-refractivity contribution in [3.8, 4) is 0 Å². The first-order valence-electron chi connectivity index (χ1n) is 5.57. The van der Waals surface area contributed by atoms with Gasteiger partial charge in [-0.2, -0.15) is 4.98 Å². The van der Waals surface area contributed by atoms with Crippen LogP contribution < -0.4 is 5.32 Å². The number of oxazole rings is 1. The number of hydrogen-bond donors (Lipinski definition) is 1. The van der Waals surface area contributed by atoms with E-state index in [0.717, 1.165) is 29.3 Å². The van der Waals surface area contributed by atoms with E-state index in [1.54, 1.807) is 7.05 Å². The van der Waals surface area contributed by atoms with E-state index in [2.05, 4.69) is 10.3 Å². The zero-order valence-corrected chi connectivity index (χ0v) is 10.7. The molecule has 0 saturated heterocycles. The summed E-state index contributed by atoms with van der Waals surface area (Å²) >= 11 is 5.84. The number of nitrogens with one attached hydrogen (secondary N) is 1. The van der Waals surface area contributed by atoms with E-state index < -0.39 is 0 Å². The van der Waals surface area contributed by atoms with E-state index in [1.807, 2.05) is 31.2 Å². The minimum absolute atomic E-state index is 0.577. The summed E-state index contributed by atoms with van der Waals surface area (Å²) in [7, 11) is 1.80. The van der Waals surface area contributed by atoms with Crippen LogP contribution in [0.25, 0.3) is 0 Å². The molecule has 0 amide bonds. The van der Waals surface area contributed by atoms with Crippen molar-refractivity contribution in [3.05, 3.63) is 46.3 Å². The quantitative estimate of drug-likeness (QED) is 0.903. The van der Waals surface area contributed by atoms with Crippen molar-refractivity contribution in [2.75, 3.05) is 12.4 Å². The number of aryl methyl sites for hydroxylation is 3. The van der Waals surface area contributed by atoms with Crippen molar-refractivity contribution < 1.29 is 4.42 Å². The lowest BCUT2D eigenvalue weighted by molar-refractivity contribution is 0.516. The lowest BCUT2D eigenvalue weighted by Crippen LogP contribution is -1.91. The number of rotatable bonds is 4. The number of benzene rings is 1. The molecule has 17 heavy (non-hydrogen) atoms. The number of anilines is 1. The maximum absolute atomic E-state index is 5.84. The molecule has 1 aromatic carbocycles. The van der Waals surface area contributed by atoms with E-state index in [1.165, 1.54) is 5.56 Å². The second-order valence-corrected chi connectivity index (χ2v) is 4.34. The van der Waals surface area contributed by atoms with Crippen molar-refractivity contribution in [3.63, 3.8) is 0 Å². The Kier molecular flexibility index (Phi) is 3.69. The molecule has 0 fully saturated rings. The van der Waals surface area contributed by atoms with Crippen LogP contribution in [0.15, 0.2) is 28.7 Å². The topological polar surface area (TPSA) is 38.1 Å². The van der Waals surface area contributed by atoms with Gasteiger partial charge in [0.1, 0.15) is 5.76 Å². The van der Waals surface area contributed by atoms with Crippen LogP contribution in [-0.4, -0.2) is 12.0 Å². The Bertz CT molecular complexity index is 491. The van der Waals surface area contributed by atoms with Gasteiger partial charge in [-0.15, -0.1) is 0 Å². The molecule has 3 nitrogen and oxygen atoms in total. The molecule has 1 aromatic heterocycles. The molecule has 0 spiro atoms. The van der Waals surface area contributed by atoms with Crippen LogP contribution in [0.1, 0.15) is 17.0 Å². The first-order chi connectivity index (χ1) is 8.19. The fourth-order valence-corrected chi connectivity index (χ4v) is 1.80. The highest BCUT2D eigenvalue weighted by Gasteiger charge is 2.08. The maximum atomic E-state index is 5.84. The molecule has 0 aliphatic heterocycles. The number of hydrogen-bond acceptors (Lipinski definition) is 3. The van der Waals surface area contributed by atoms with Gasteiger partial charge < -0.3 is 9.73 Å². The average Bonchev–Trinajstić information content (AvgIpc) is 2.69. The molecule has 4 heteroatoms. The molecule has 90 valence electrons. The number of halogens is 1. The van der Waals surface area contributed by atoms with Crippen molar-refractivity contribution >= 4 is 17.6 Å². The molecule has 0 atom stereocenters. The molecular formula is C13H15ClN2O. The van der Waals surface area contributed by atoms with Gasteiger partial charge in [-0.3, -0.25) is 0 Å². The molecule has 2 rings (SSSR count). The largest absolute Gasteiger partial charge is 0.428 e. The van der Waals surface area contributed by atoms with Crippen LogP contribution in [0.3, 0.4) is 0 Å². The molecule has 0 bridgehead atoms. The summed E-state index contributed by atoms with van der Waals surface area (Å²) in [5, 5.41) is 3.66. The summed E-state index contributed by atoms with van der Waals surface area (Å²) in [6.45, 7) is 1.96. The summed E-state index contributed by atoms with van der Waals surface area (Å²) < 4.78 is 5.56. The molecule has 0 unspecified atom stereocenters. The first-order valence-corrected chi connectivity index (χ1v) is 5.95. The van der Waals surface area contributed by atoms with Crippen LogP contribution in [0.4, 0.5) is 6.01 Å². The lowest BCUT2D eigenvalue weighted by atomic mass is 10.1. The maximum Gasteiger partial charge on any atom is 0.294 e. The third-order valence-corrected chi connectivity index (χ3v) is 2.91. The molecule has 0 radical (unpaired) electrons. The monoisotopic (exact) mass is 250 g/mol. The van der Waals surface area contributed by atoms with Crippen LogP contribution in [0.5, 0.6) is 0 Å². The first kappa shape index (κ1) is 12.0. The summed E-state index contributed by atoms with van der Waals surface area (Å²) in [4.78, 5) is 4.26. The van der Waals surface area contributed by atoms with E-state index in [4.69, 9.17) is 16.0 Å². The Morgan fingerprint density at radius 3 is 2.53 bits per heavy atom. The van der Waals surface area contributed by atoms with E-state index in [-0.39, 0.29) is 0 Å². The molecule has 0 saturated carbocycles. The smallest absolute Gasteiger partial charge is 0.294 e. The molecule has 0 aliphatic carbocycles. The standard InChI is InChI=1S/C13H15ClN2O/c1-9-12(17-13(15-2)16-9)8-5-10-3-6-11(14)7-4-10/h3-4,6-7H,5,8H2,1-2H3,(H,15,16). The van der Waals surface area contributed by atoms with E-state index >= 15 is 0 Å².